The number of nitrogens with zero attached hydrogens (tertiary/aromatic N) is 2. The third kappa shape index (κ3) is 1.14. The van der Waals surface area contributed by atoms with E-state index < -0.39 is 0 Å². The smallest absolute Gasteiger partial charge is 0.252 e. The molecule has 2 atom stereocenters. The molecule has 60 valence electrons. The van der Waals surface area contributed by atoms with Gasteiger partial charge >= 0.3 is 0 Å². The largest absolute Gasteiger partial charge is 0.387 e. The molecule has 2 unspecified atom stereocenters. The Morgan fingerprint density at radius 3 is 2.91 bits per heavy atom. The molecule has 1 aromatic rings. The van der Waals surface area contributed by atoms with Crippen molar-refractivity contribution in [2.24, 2.45) is 5.92 Å². The van der Waals surface area contributed by atoms with Crippen molar-refractivity contribution in [1.82, 2.24) is 10.1 Å². The quantitative estimate of drug-likeness (QED) is 0.680. The molecule has 11 heavy (non-hydrogen) atoms. The standard InChI is InChI=1S/C7H10N2O2/c1-4-2-5(4)7-8-6(3-10)11-9-7/h4-5,10H,2-3H2,1H3. The first-order chi connectivity index (χ1) is 5.31. The highest BCUT2D eigenvalue weighted by molar-refractivity contribution is 5.07. The lowest BCUT2D eigenvalue weighted by atomic mass is 10.3. The van der Waals surface area contributed by atoms with Crippen LogP contribution in [0.15, 0.2) is 4.52 Å². The molecule has 4 nitrogen and oxygen atoms in total. The summed E-state index contributed by atoms with van der Waals surface area (Å²) in [5.41, 5.74) is 0. The molecular weight excluding hydrogens is 144 g/mol. The summed E-state index contributed by atoms with van der Waals surface area (Å²) in [7, 11) is 0. The van der Waals surface area contributed by atoms with Gasteiger partial charge in [0.1, 0.15) is 6.61 Å². The molecule has 4 heteroatoms. The summed E-state index contributed by atoms with van der Waals surface area (Å²) in [4.78, 5) is 4.01. The average Bonchev–Trinajstić information content (AvgIpc) is 2.59. The summed E-state index contributed by atoms with van der Waals surface area (Å²) < 4.78 is 4.75. The van der Waals surface area contributed by atoms with E-state index in [9.17, 15) is 0 Å². The fourth-order valence-electron chi connectivity index (χ4n) is 1.16. The number of aromatic nitrogens is 2. The summed E-state index contributed by atoms with van der Waals surface area (Å²) in [6, 6.07) is 0. The summed E-state index contributed by atoms with van der Waals surface area (Å²) in [6.07, 6.45) is 1.14. The Labute approximate surface area is 64.2 Å². The maximum atomic E-state index is 8.62. The highest BCUT2D eigenvalue weighted by Gasteiger charge is 2.37. The first-order valence-electron chi connectivity index (χ1n) is 3.74. The normalized spacial score (nSPS) is 28.9. The second-order valence-corrected chi connectivity index (χ2v) is 3.02. The second-order valence-electron chi connectivity index (χ2n) is 3.02. The fraction of sp³-hybridized carbons (Fsp3) is 0.714. The Bertz CT molecular complexity index is 259. The second kappa shape index (κ2) is 2.30. The monoisotopic (exact) mass is 154 g/mol. The van der Waals surface area contributed by atoms with Crippen LogP contribution in [0.4, 0.5) is 0 Å². The van der Waals surface area contributed by atoms with Gasteiger partial charge in [-0.05, 0) is 12.3 Å². The molecule has 0 aromatic carbocycles. The van der Waals surface area contributed by atoms with Crippen molar-refractivity contribution >= 4 is 0 Å². The summed E-state index contributed by atoms with van der Waals surface area (Å²) in [5, 5.41) is 12.4. The molecule has 0 aliphatic heterocycles. The predicted octanol–water partition coefficient (Wildman–Crippen LogP) is 0.685. The molecule has 1 N–H and O–H groups in total. The van der Waals surface area contributed by atoms with E-state index in [1.807, 2.05) is 0 Å². The molecule has 1 aliphatic carbocycles. The van der Waals surface area contributed by atoms with Gasteiger partial charge in [-0.25, -0.2) is 0 Å². The molecule has 2 rings (SSSR count). The van der Waals surface area contributed by atoms with Crippen molar-refractivity contribution in [3.05, 3.63) is 11.7 Å². The van der Waals surface area contributed by atoms with Crippen molar-refractivity contribution < 1.29 is 9.63 Å². The third-order valence-electron chi connectivity index (χ3n) is 2.06. The SMILES string of the molecule is CC1CC1c1noc(CO)n1. The van der Waals surface area contributed by atoms with Gasteiger partial charge in [-0.1, -0.05) is 12.1 Å². The Hall–Kier alpha value is -0.900. The maximum Gasteiger partial charge on any atom is 0.252 e. The van der Waals surface area contributed by atoms with Crippen LogP contribution in [-0.2, 0) is 6.61 Å². The van der Waals surface area contributed by atoms with Crippen LogP contribution in [0.1, 0.15) is 31.0 Å². The van der Waals surface area contributed by atoms with Crippen LogP contribution in [0.25, 0.3) is 0 Å². The Morgan fingerprint density at radius 2 is 2.45 bits per heavy atom. The van der Waals surface area contributed by atoms with Crippen LogP contribution in [0.2, 0.25) is 0 Å². The highest BCUT2D eigenvalue weighted by Crippen LogP contribution is 2.45. The minimum Gasteiger partial charge on any atom is -0.387 e. The number of aliphatic hydroxyl groups is 1. The van der Waals surface area contributed by atoms with Crippen LogP contribution in [0.5, 0.6) is 0 Å². The van der Waals surface area contributed by atoms with E-state index in [4.69, 9.17) is 9.63 Å². The van der Waals surface area contributed by atoms with Gasteiger partial charge in [-0.2, -0.15) is 4.98 Å². The lowest BCUT2D eigenvalue weighted by Gasteiger charge is -1.82. The van der Waals surface area contributed by atoms with Gasteiger partial charge in [-0.15, -0.1) is 0 Å². The fourth-order valence-corrected chi connectivity index (χ4v) is 1.16. The Kier molecular flexibility index (Phi) is 1.42. The van der Waals surface area contributed by atoms with Crippen LogP contribution in [0, 0.1) is 5.92 Å². The van der Waals surface area contributed by atoms with Gasteiger partial charge in [0.2, 0.25) is 0 Å². The Balaban J connectivity index is 2.13. The van der Waals surface area contributed by atoms with Crippen molar-refractivity contribution in [2.75, 3.05) is 0 Å². The first-order valence-corrected chi connectivity index (χ1v) is 3.74. The Morgan fingerprint density at radius 1 is 1.73 bits per heavy atom. The third-order valence-corrected chi connectivity index (χ3v) is 2.06. The molecular formula is C7H10N2O2. The van der Waals surface area contributed by atoms with Crippen molar-refractivity contribution in [2.45, 2.75) is 25.9 Å². The first kappa shape index (κ1) is 6.79. The molecule has 0 saturated heterocycles. The lowest BCUT2D eigenvalue weighted by molar-refractivity contribution is 0.222. The predicted molar refractivity (Wildman–Crippen MR) is 36.7 cm³/mol. The molecule has 1 aliphatic rings. The topological polar surface area (TPSA) is 59.2 Å². The van der Waals surface area contributed by atoms with E-state index in [0.29, 0.717) is 17.7 Å². The van der Waals surface area contributed by atoms with Crippen molar-refractivity contribution in [3.63, 3.8) is 0 Å². The zero-order valence-corrected chi connectivity index (χ0v) is 6.32. The molecule has 1 aromatic heterocycles. The number of rotatable bonds is 2. The minimum atomic E-state index is -0.159. The van der Waals surface area contributed by atoms with Gasteiger partial charge in [0.15, 0.2) is 5.82 Å². The van der Waals surface area contributed by atoms with E-state index in [2.05, 4.69) is 17.1 Å². The highest BCUT2D eigenvalue weighted by atomic mass is 16.5. The molecule has 0 amide bonds. The van der Waals surface area contributed by atoms with E-state index in [1.54, 1.807) is 0 Å². The van der Waals surface area contributed by atoms with Gasteiger partial charge in [0.05, 0.1) is 0 Å². The zero-order chi connectivity index (χ0) is 7.84. The van der Waals surface area contributed by atoms with Gasteiger partial charge in [0.25, 0.3) is 5.89 Å². The van der Waals surface area contributed by atoms with Crippen LogP contribution < -0.4 is 0 Å². The summed E-state index contributed by atoms with van der Waals surface area (Å²) in [6.45, 7) is 1.99. The lowest BCUT2D eigenvalue weighted by Crippen LogP contribution is -1.86. The summed E-state index contributed by atoms with van der Waals surface area (Å²) >= 11 is 0. The van der Waals surface area contributed by atoms with Crippen LogP contribution in [0.3, 0.4) is 0 Å². The van der Waals surface area contributed by atoms with E-state index in [1.165, 1.54) is 0 Å². The molecule has 0 radical (unpaired) electrons. The van der Waals surface area contributed by atoms with Gasteiger partial charge < -0.3 is 9.63 Å². The number of hydrogen-bond acceptors (Lipinski definition) is 4. The molecule has 0 bridgehead atoms. The number of aliphatic hydroxyl groups excluding tert-OH is 1. The minimum absolute atomic E-state index is 0.159. The molecule has 1 heterocycles. The summed E-state index contributed by atoms with van der Waals surface area (Å²) in [5.74, 6) is 2.22. The molecule has 1 fully saturated rings. The van der Waals surface area contributed by atoms with Crippen molar-refractivity contribution in [3.8, 4) is 0 Å². The van der Waals surface area contributed by atoms with E-state index >= 15 is 0 Å². The van der Waals surface area contributed by atoms with E-state index in [0.717, 1.165) is 12.2 Å². The van der Waals surface area contributed by atoms with Crippen LogP contribution in [-0.4, -0.2) is 15.2 Å². The van der Waals surface area contributed by atoms with Gasteiger partial charge in [0, 0.05) is 5.92 Å². The van der Waals surface area contributed by atoms with Gasteiger partial charge in [-0.3, -0.25) is 0 Å². The zero-order valence-electron chi connectivity index (χ0n) is 6.32. The van der Waals surface area contributed by atoms with E-state index in [-0.39, 0.29) is 6.61 Å². The number of hydrogen-bond donors (Lipinski definition) is 1. The molecule has 0 spiro atoms. The van der Waals surface area contributed by atoms with Crippen molar-refractivity contribution in [1.29, 1.82) is 0 Å². The maximum absolute atomic E-state index is 8.62. The molecule has 1 saturated carbocycles. The van der Waals surface area contributed by atoms with Crippen LogP contribution >= 0.6 is 0 Å². The average molecular weight is 154 g/mol.